The van der Waals surface area contributed by atoms with Crippen LogP contribution in [0.4, 0.5) is 4.39 Å². The van der Waals surface area contributed by atoms with E-state index in [0.29, 0.717) is 22.8 Å². The standard InChI is InChI=1S/C16H14FNO3/c1-19-13-7-4-8-14(20-2)16(13)21-10-12-6-3-5-11(9-18)15(12)17/h3-8H,10H2,1-2H3. The molecule has 2 rings (SSSR count). The van der Waals surface area contributed by atoms with Crippen molar-refractivity contribution in [2.45, 2.75) is 6.61 Å². The Balaban J connectivity index is 2.27. The van der Waals surface area contributed by atoms with Gasteiger partial charge in [0.2, 0.25) is 5.75 Å². The largest absolute Gasteiger partial charge is 0.493 e. The molecular weight excluding hydrogens is 273 g/mol. The number of ether oxygens (including phenoxy) is 3. The topological polar surface area (TPSA) is 51.5 Å². The molecule has 0 aliphatic carbocycles. The molecular formula is C16H14FNO3. The number of rotatable bonds is 5. The first-order valence-corrected chi connectivity index (χ1v) is 6.22. The number of benzene rings is 2. The normalized spacial score (nSPS) is 9.81. The fourth-order valence-corrected chi connectivity index (χ4v) is 1.89. The van der Waals surface area contributed by atoms with Gasteiger partial charge < -0.3 is 14.2 Å². The van der Waals surface area contributed by atoms with E-state index in [1.165, 1.54) is 20.3 Å². The minimum absolute atomic E-state index is 0.0110. The number of halogens is 1. The van der Waals surface area contributed by atoms with Crippen LogP contribution in [-0.2, 0) is 6.61 Å². The van der Waals surface area contributed by atoms with Gasteiger partial charge in [-0.2, -0.15) is 5.26 Å². The first kappa shape index (κ1) is 14.7. The highest BCUT2D eigenvalue weighted by Crippen LogP contribution is 2.37. The van der Waals surface area contributed by atoms with E-state index >= 15 is 0 Å². The maximum absolute atomic E-state index is 14.0. The lowest BCUT2D eigenvalue weighted by atomic mass is 10.1. The van der Waals surface area contributed by atoms with Crippen molar-refractivity contribution in [1.82, 2.24) is 0 Å². The van der Waals surface area contributed by atoms with E-state index in [1.54, 1.807) is 36.4 Å². The number of hydrogen-bond acceptors (Lipinski definition) is 4. The first-order valence-electron chi connectivity index (χ1n) is 6.22. The van der Waals surface area contributed by atoms with Crippen molar-refractivity contribution in [2.75, 3.05) is 14.2 Å². The van der Waals surface area contributed by atoms with E-state index in [-0.39, 0.29) is 12.2 Å². The number of nitriles is 1. The van der Waals surface area contributed by atoms with Gasteiger partial charge in [0.25, 0.3) is 0 Å². The van der Waals surface area contributed by atoms with Crippen LogP contribution in [0.2, 0.25) is 0 Å². The second-order valence-electron chi connectivity index (χ2n) is 4.17. The molecule has 0 radical (unpaired) electrons. The van der Waals surface area contributed by atoms with Crippen molar-refractivity contribution >= 4 is 0 Å². The highest BCUT2D eigenvalue weighted by atomic mass is 19.1. The molecule has 4 nitrogen and oxygen atoms in total. The predicted octanol–water partition coefficient (Wildman–Crippen LogP) is 3.29. The summed E-state index contributed by atoms with van der Waals surface area (Å²) in [6.45, 7) is -0.0297. The summed E-state index contributed by atoms with van der Waals surface area (Å²) in [7, 11) is 3.02. The molecule has 0 fully saturated rings. The van der Waals surface area contributed by atoms with Crippen LogP contribution < -0.4 is 14.2 Å². The van der Waals surface area contributed by atoms with Gasteiger partial charge in [-0.3, -0.25) is 0 Å². The Morgan fingerprint density at radius 2 is 1.67 bits per heavy atom. The molecule has 0 N–H and O–H groups in total. The van der Waals surface area contributed by atoms with Crippen molar-refractivity contribution in [1.29, 1.82) is 5.26 Å². The summed E-state index contributed by atoms with van der Waals surface area (Å²) in [6.07, 6.45) is 0. The average molecular weight is 287 g/mol. The Hall–Kier alpha value is -2.74. The minimum atomic E-state index is -0.575. The molecule has 21 heavy (non-hydrogen) atoms. The molecule has 108 valence electrons. The quantitative estimate of drug-likeness (QED) is 0.846. The zero-order valence-corrected chi connectivity index (χ0v) is 11.7. The highest BCUT2D eigenvalue weighted by molar-refractivity contribution is 5.51. The van der Waals surface area contributed by atoms with Gasteiger partial charge in [0.15, 0.2) is 11.5 Å². The molecule has 2 aromatic rings. The average Bonchev–Trinajstić information content (AvgIpc) is 2.53. The monoisotopic (exact) mass is 287 g/mol. The van der Waals surface area contributed by atoms with E-state index in [9.17, 15) is 4.39 Å². The van der Waals surface area contributed by atoms with Gasteiger partial charge in [0.05, 0.1) is 19.8 Å². The van der Waals surface area contributed by atoms with E-state index in [2.05, 4.69) is 0 Å². The molecule has 0 unspecified atom stereocenters. The van der Waals surface area contributed by atoms with Crippen LogP contribution >= 0.6 is 0 Å². The highest BCUT2D eigenvalue weighted by Gasteiger charge is 2.13. The second-order valence-corrected chi connectivity index (χ2v) is 4.17. The van der Waals surface area contributed by atoms with Crippen LogP contribution in [0.25, 0.3) is 0 Å². The van der Waals surface area contributed by atoms with Gasteiger partial charge >= 0.3 is 0 Å². The Kier molecular flexibility index (Phi) is 4.62. The smallest absolute Gasteiger partial charge is 0.203 e. The summed E-state index contributed by atoms with van der Waals surface area (Å²) >= 11 is 0. The summed E-state index contributed by atoms with van der Waals surface area (Å²) in [4.78, 5) is 0. The molecule has 0 atom stereocenters. The molecule has 0 saturated carbocycles. The van der Waals surface area contributed by atoms with Crippen LogP contribution in [-0.4, -0.2) is 14.2 Å². The third-order valence-electron chi connectivity index (χ3n) is 2.95. The van der Waals surface area contributed by atoms with Crippen molar-refractivity contribution in [3.05, 3.63) is 53.3 Å². The maximum atomic E-state index is 14.0. The lowest BCUT2D eigenvalue weighted by molar-refractivity contribution is 0.262. The van der Waals surface area contributed by atoms with E-state index < -0.39 is 5.82 Å². The van der Waals surface area contributed by atoms with Gasteiger partial charge in [-0.25, -0.2) is 4.39 Å². The van der Waals surface area contributed by atoms with Gasteiger partial charge in [0.1, 0.15) is 18.5 Å². The molecule has 0 saturated heterocycles. The third-order valence-corrected chi connectivity index (χ3v) is 2.95. The van der Waals surface area contributed by atoms with Gasteiger partial charge in [-0.15, -0.1) is 0 Å². The summed E-state index contributed by atoms with van der Waals surface area (Å²) in [6, 6.07) is 11.6. The number of nitrogens with zero attached hydrogens (tertiary/aromatic N) is 1. The SMILES string of the molecule is COc1cccc(OC)c1OCc1cccc(C#N)c1F. The lowest BCUT2D eigenvalue weighted by Gasteiger charge is -2.14. The zero-order chi connectivity index (χ0) is 15.2. The summed E-state index contributed by atoms with van der Waals surface area (Å²) in [5.74, 6) is 0.801. The molecule has 5 heteroatoms. The Bertz CT molecular complexity index is 657. The minimum Gasteiger partial charge on any atom is -0.493 e. The Morgan fingerprint density at radius 1 is 1.05 bits per heavy atom. The number of para-hydroxylation sites is 1. The molecule has 2 aromatic carbocycles. The molecule has 0 aromatic heterocycles. The Labute approximate surface area is 122 Å². The van der Waals surface area contributed by atoms with Crippen molar-refractivity contribution in [3.8, 4) is 23.3 Å². The molecule has 0 amide bonds. The van der Waals surface area contributed by atoms with Crippen molar-refractivity contribution < 1.29 is 18.6 Å². The predicted molar refractivity (Wildman–Crippen MR) is 75.0 cm³/mol. The molecule has 0 spiro atoms. The van der Waals surface area contributed by atoms with Crippen LogP contribution in [0, 0.1) is 17.1 Å². The zero-order valence-electron chi connectivity index (χ0n) is 11.7. The second kappa shape index (κ2) is 6.62. The first-order chi connectivity index (χ1) is 10.2. The number of hydrogen-bond donors (Lipinski definition) is 0. The van der Waals surface area contributed by atoms with E-state index in [4.69, 9.17) is 19.5 Å². The van der Waals surface area contributed by atoms with Gasteiger partial charge in [-0.1, -0.05) is 18.2 Å². The van der Waals surface area contributed by atoms with Crippen LogP contribution in [0.5, 0.6) is 17.2 Å². The summed E-state index contributed by atoms with van der Waals surface area (Å²) < 4.78 is 30.0. The maximum Gasteiger partial charge on any atom is 0.203 e. The van der Waals surface area contributed by atoms with Crippen LogP contribution in [0.3, 0.4) is 0 Å². The van der Waals surface area contributed by atoms with Gasteiger partial charge in [0, 0.05) is 5.56 Å². The van der Waals surface area contributed by atoms with E-state index in [1.807, 2.05) is 0 Å². The van der Waals surface area contributed by atoms with Crippen LogP contribution in [0.1, 0.15) is 11.1 Å². The number of methoxy groups -OCH3 is 2. The molecule has 0 heterocycles. The summed E-state index contributed by atoms with van der Waals surface area (Å²) in [5.41, 5.74) is 0.283. The molecule has 0 bridgehead atoms. The lowest BCUT2D eigenvalue weighted by Crippen LogP contribution is -2.02. The molecule has 0 aliphatic heterocycles. The van der Waals surface area contributed by atoms with E-state index in [0.717, 1.165) is 0 Å². The van der Waals surface area contributed by atoms with Gasteiger partial charge in [-0.05, 0) is 18.2 Å². The third kappa shape index (κ3) is 3.06. The van der Waals surface area contributed by atoms with Crippen molar-refractivity contribution in [2.24, 2.45) is 0 Å². The van der Waals surface area contributed by atoms with Crippen LogP contribution in [0.15, 0.2) is 36.4 Å². The molecule has 0 aliphatic rings. The summed E-state index contributed by atoms with van der Waals surface area (Å²) in [5, 5.41) is 8.82. The van der Waals surface area contributed by atoms with Crippen molar-refractivity contribution in [3.63, 3.8) is 0 Å². The fourth-order valence-electron chi connectivity index (χ4n) is 1.89. The fraction of sp³-hybridized carbons (Fsp3) is 0.188. The Morgan fingerprint density at radius 3 is 2.24 bits per heavy atom.